The number of hydrogen-bond donors (Lipinski definition) is 10. The molecule has 0 aromatic carbocycles. The van der Waals surface area contributed by atoms with Crippen LogP contribution in [0.2, 0.25) is 0 Å². The highest BCUT2D eigenvalue weighted by atomic mass is 16.5. The number of carboxylic acids is 5. The summed E-state index contributed by atoms with van der Waals surface area (Å²) in [5.41, 5.74) is 0. The van der Waals surface area contributed by atoms with E-state index >= 15 is 0 Å². The largest absolute Gasteiger partial charge is 0.481 e. The number of aliphatic carboxylic acids is 5. The molecule has 0 aliphatic rings. The maximum Gasteiger partial charge on any atom is 0.326 e. The number of carboxylic acid groups (broad SMARTS) is 5. The average molecular weight is 1540 g/mol. The summed E-state index contributed by atoms with van der Waals surface area (Å²) in [7, 11) is 0. The van der Waals surface area contributed by atoms with Crippen LogP contribution in [0, 0.1) is 17.8 Å². The van der Waals surface area contributed by atoms with Crippen LogP contribution < -0.4 is 26.6 Å². The molecule has 0 aliphatic carbocycles. The summed E-state index contributed by atoms with van der Waals surface area (Å²) in [6, 6.07) is -1.15. The van der Waals surface area contributed by atoms with Crippen LogP contribution in [0.3, 0.4) is 0 Å². The molecule has 0 fully saturated rings. The summed E-state index contributed by atoms with van der Waals surface area (Å²) in [6.07, 6.45) is 19.0. The summed E-state index contributed by atoms with van der Waals surface area (Å²) in [5, 5.41) is 59.6. The smallest absolute Gasteiger partial charge is 0.326 e. The van der Waals surface area contributed by atoms with Gasteiger partial charge in [0.1, 0.15) is 49.8 Å². The third kappa shape index (κ3) is 68.1. The summed E-state index contributed by atoms with van der Waals surface area (Å²) in [4.78, 5) is 167. The van der Waals surface area contributed by atoms with Crippen LogP contribution in [0.25, 0.3) is 0 Å². The summed E-state index contributed by atoms with van der Waals surface area (Å²) in [5.74, 6) is -9.37. The number of nitrogens with one attached hydrogen (secondary N) is 5. The average Bonchev–Trinajstić information content (AvgIpc) is 0.923. The van der Waals surface area contributed by atoms with Gasteiger partial charge in [-0.05, 0) is 77.0 Å². The van der Waals surface area contributed by atoms with Crippen molar-refractivity contribution in [3.63, 3.8) is 0 Å². The van der Waals surface area contributed by atoms with Gasteiger partial charge in [-0.2, -0.15) is 0 Å². The van der Waals surface area contributed by atoms with E-state index in [0.29, 0.717) is 96.7 Å². The van der Waals surface area contributed by atoms with Crippen molar-refractivity contribution in [1.82, 2.24) is 26.6 Å². The highest BCUT2D eigenvalue weighted by Gasteiger charge is 2.26. The molecule has 0 unspecified atom stereocenters. The molecule has 5 amide bonds. The number of amides is 5. The first kappa shape index (κ1) is 100. The third-order valence-corrected chi connectivity index (χ3v) is 17.1. The van der Waals surface area contributed by atoms with Crippen molar-refractivity contribution in [3.05, 3.63) is 0 Å². The number of carbonyl (C=O) groups is 14. The Bertz CT molecular complexity index is 2500. The maximum absolute atomic E-state index is 12.9. The molecule has 0 aromatic heterocycles. The minimum Gasteiger partial charge on any atom is -0.481 e. The Labute approximate surface area is 634 Å². The first-order chi connectivity index (χ1) is 51.5. The molecule has 4 atom stereocenters. The van der Waals surface area contributed by atoms with Gasteiger partial charge in [-0.25, -0.2) is 4.79 Å². The Kier molecular flexibility index (Phi) is 66.1. The van der Waals surface area contributed by atoms with E-state index in [1.54, 1.807) is 6.92 Å². The predicted molar refractivity (Wildman–Crippen MR) is 395 cm³/mol. The van der Waals surface area contributed by atoms with Crippen molar-refractivity contribution in [3.8, 4) is 0 Å². The van der Waals surface area contributed by atoms with E-state index in [1.165, 1.54) is 0 Å². The molecular formula is C75H133N5O27. The van der Waals surface area contributed by atoms with Crippen LogP contribution in [0.5, 0.6) is 0 Å². The second-order valence-electron chi connectivity index (χ2n) is 26.7. The molecule has 0 radical (unpaired) electrons. The first-order valence-corrected chi connectivity index (χ1v) is 38.7. The Morgan fingerprint density at radius 1 is 0.280 bits per heavy atom. The summed E-state index contributed by atoms with van der Waals surface area (Å²) >= 11 is 0. The zero-order valence-electron chi connectivity index (χ0n) is 63.6. The van der Waals surface area contributed by atoms with Crippen LogP contribution in [0.4, 0.5) is 0 Å². The Balaban J connectivity index is -0.0000562. The molecule has 620 valence electrons. The van der Waals surface area contributed by atoms with Gasteiger partial charge in [0.2, 0.25) is 29.5 Å². The standard InChI is InChI=1S/C75H129N5O27.2H2/c1-58(24-18-20-36-76-68(87)55-105-49-45-101-41-23-28-63(83)54-104-48-46-102-42-38-78-66(85)35-32-60(74(96)97)52-62(82)26-14-10-6-2-4-8-12-16-30-71(90)91)65(84)53-59(73(94)95)25-19-21-37-77-69(88)56-107-51-47-103-43-39-79-70(89)57-106-50-44-100-40-22-27-61(81)33-34-64(75(98)99)80-67(86)29-15-11-7-3-5-9-13-17-31-72(92)93;;/h58-60,64H,2-57H2,1H3,(H,76,87)(H,77,88)(H,78,85)(H,79,89)(H,80,86)(H,90,91)(H,92,93)(H,94,95)(H,96,97)(H,98,99);2*1H/t58-,59+,60+,64-;;/m0../s1. The molecule has 0 spiro atoms. The van der Waals surface area contributed by atoms with Gasteiger partial charge in [-0.1, -0.05) is 96.8 Å². The van der Waals surface area contributed by atoms with Crippen molar-refractivity contribution < 1.29 is 133 Å². The van der Waals surface area contributed by atoms with Crippen molar-refractivity contribution in [1.29, 1.82) is 0 Å². The second kappa shape index (κ2) is 70.7. The molecule has 10 N–H and O–H groups in total. The lowest BCUT2D eigenvalue weighted by atomic mass is 9.89. The molecule has 0 heterocycles. The van der Waals surface area contributed by atoms with Crippen molar-refractivity contribution in [2.75, 3.05) is 132 Å². The normalized spacial score (nSPS) is 12.3. The topological polar surface area (TPSA) is 474 Å². The van der Waals surface area contributed by atoms with E-state index in [9.17, 15) is 82.4 Å². The molecule has 0 aromatic rings. The molecule has 0 saturated carbocycles. The van der Waals surface area contributed by atoms with E-state index in [1.807, 2.05) is 0 Å². The molecule has 32 nitrogen and oxygen atoms in total. The fraction of sp³-hybridized carbons (Fsp3) is 0.813. The fourth-order valence-corrected chi connectivity index (χ4v) is 10.8. The molecule has 32 heteroatoms. The number of hydrogen-bond acceptors (Lipinski definition) is 22. The lowest BCUT2D eigenvalue weighted by molar-refractivity contribution is -0.144. The number of ketones is 4. The minimum atomic E-state index is -1.20. The van der Waals surface area contributed by atoms with Crippen molar-refractivity contribution in [2.24, 2.45) is 17.8 Å². The first-order valence-electron chi connectivity index (χ1n) is 38.7. The highest BCUT2D eigenvalue weighted by Crippen LogP contribution is 2.21. The Hall–Kier alpha value is -6.94. The van der Waals surface area contributed by atoms with Crippen LogP contribution in [0.15, 0.2) is 0 Å². The van der Waals surface area contributed by atoms with Crippen LogP contribution in [-0.2, 0) is 105 Å². The van der Waals surface area contributed by atoms with Gasteiger partial charge in [0.05, 0.1) is 77.9 Å². The molecule has 0 saturated heterocycles. The van der Waals surface area contributed by atoms with Crippen LogP contribution in [-0.4, -0.2) is 246 Å². The lowest BCUT2D eigenvalue weighted by Crippen LogP contribution is -2.41. The third-order valence-electron chi connectivity index (χ3n) is 17.1. The van der Waals surface area contributed by atoms with Gasteiger partial charge in [-0.15, -0.1) is 0 Å². The summed E-state index contributed by atoms with van der Waals surface area (Å²) in [6.45, 7) is 4.52. The van der Waals surface area contributed by atoms with Gasteiger partial charge < -0.3 is 90.0 Å². The number of rotatable bonds is 81. The molecule has 0 bridgehead atoms. The van der Waals surface area contributed by atoms with Crippen molar-refractivity contribution in [2.45, 2.75) is 244 Å². The SMILES string of the molecule is C[C@@H](CCCCNC(=O)COCCOCCCC(=O)COCCOCCNC(=O)CC[C@H](CC(=O)CCCCCCCCCCC(=O)O)C(=O)O)C(=O)C[C@@H](CCCCNC(=O)COCCOCCNC(=O)COCCOCCCC(=O)CC[C@H](NC(=O)CCCCCCCCCCC(=O)O)C(=O)O)C(=O)O.[HH].[HH]. The molecular weight excluding hydrogens is 1400 g/mol. The number of ether oxygens (including phenoxy) is 8. The molecule has 0 rings (SSSR count). The highest BCUT2D eigenvalue weighted by molar-refractivity contribution is 5.87. The van der Waals surface area contributed by atoms with E-state index in [-0.39, 0.29) is 251 Å². The predicted octanol–water partition coefficient (Wildman–Crippen LogP) is 7.17. The monoisotopic (exact) mass is 1540 g/mol. The zero-order chi connectivity index (χ0) is 79.2. The van der Waals surface area contributed by atoms with E-state index in [0.717, 1.165) is 77.0 Å². The fourth-order valence-electron chi connectivity index (χ4n) is 10.8. The van der Waals surface area contributed by atoms with E-state index < -0.39 is 47.7 Å². The molecule has 107 heavy (non-hydrogen) atoms. The van der Waals surface area contributed by atoms with Gasteiger partial charge in [0.25, 0.3) is 0 Å². The quantitative estimate of drug-likeness (QED) is 0.0270. The van der Waals surface area contributed by atoms with Crippen LogP contribution in [0.1, 0.15) is 241 Å². The van der Waals surface area contributed by atoms with E-state index in [4.69, 9.17) is 48.1 Å². The minimum absolute atomic E-state index is 0. The Morgan fingerprint density at radius 2 is 0.654 bits per heavy atom. The van der Waals surface area contributed by atoms with Gasteiger partial charge >= 0.3 is 29.8 Å². The molecule has 0 aliphatic heterocycles. The van der Waals surface area contributed by atoms with E-state index in [2.05, 4.69) is 26.6 Å². The van der Waals surface area contributed by atoms with Gasteiger partial charge in [-0.3, -0.25) is 62.3 Å². The second-order valence-corrected chi connectivity index (χ2v) is 26.7. The van der Waals surface area contributed by atoms with Gasteiger partial charge in [0.15, 0.2) is 5.78 Å². The number of Topliss-reactive ketones (excluding diaryl/α,β-unsaturated/α-hetero) is 4. The van der Waals surface area contributed by atoms with Crippen molar-refractivity contribution >= 4 is 82.5 Å². The van der Waals surface area contributed by atoms with Crippen LogP contribution >= 0.6 is 0 Å². The Morgan fingerprint density at radius 3 is 1.11 bits per heavy atom. The zero-order valence-corrected chi connectivity index (χ0v) is 63.6. The maximum atomic E-state index is 12.9. The van der Waals surface area contributed by atoms with Gasteiger partial charge in [0, 0.05) is 112 Å². The lowest BCUT2D eigenvalue weighted by Gasteiger charge is -2.15. The number of unbranched alkanes of at least 4 members (excludes halogenated alkanes) is 16. The summed E-state index contributed by atoms with van der Waals surface area (Å²) < 4.78 is 43.2. The number of carbonyl (C=O) groups excluding carboxylic acids is 9.